The molecule has 7 heteroatoms. The van der Waals surface area contributed by atoms with E-state index in [2.05, 4.69) is 26.1 Å². The van der Waals surface area contributed by atoms with Crippen LogP contribution in [-0.4, -0.2) is 10.1 Å². The van der Waals surface area contributed by atoms with Gasteiger partial charge in [-0.3, -0.25) is 0 Å². The highest BCUT2D eigenvalue weighted by molar-refractivity contribution is 9.10. The van der Waals surface area contributed by atoms with Crippen LogP contribution in [0.15, 0.2) is 21.1 Å². The Morgan fingerprint density at radius 1 is 1.44 bits per heavy atom. The molecule has 96 valence electrons. The number of nitrogens with two attached hydrogens (primary N) is 1. The van der Waals surface area contributed by atoms with Crippen molar-refractivity contribution in [2.75, 3.05) is 0 Å². The van der Waals surface area contributed by atoms with Crippen molar-refractivity contribution in [3.63, 3.8) is 0 Å². The minimum atomic E-state index is -0.987. The lowest BCUT2D eigenvalue weighted by Gasteiger charge is -2.01. The third-order valence-corrected chi connectivity index (χ3v) is 3.25. The molecule has 0 aliphatic carbocycles. The first-order valence-electron chi connectivity index (χ1n) is 5.27. The molecule has 0 bridgehead atoms. The molecule has 0 unspecified atom stereocenters. The van der Waals surface area contributed by atoms with Crippen LogP contribution in [0.4, 0.5) is 8.78 Å². The van der Waals surface area contributed by atoms with Crippen LogP contribution in [0, 0.1) is 11.6 Å². The molecule has 1 aromatic heterocycles. The molecular formula is C11H10BrF2N3O. The predicted molar refractivity (Wildman–Crippen MR) is 64.6 cm³/mol. The maximum atomic E-state index is 13.4. The lowest BCUT2D eigenvalue weighted by atomic mass is 10.2. The maximum absolute atomic E-state index is 13.4. The summed E-state index contributed by atoms with van der Waals surface area (Å²) >= 11 is 2.96. The average molecular weight is 318 g/mol. The van der Waals surface area contributed by atoms with Gasteiger partial charge in [0, 0.05) is 5.56 Å². The van der Waals surface area contributed by atoms with Gasteiger partial charge in [-0.15, -0.1) is 0 Å². The zero-order valence-corrected chi connectivity index (χ0v) is 11.0. The van der Waals surface area contributed by atoms with E-state index in [0.717, 1.165) is 6.07 Å². The van der Waals surface area contributed by atoms with Gasteiger partial charge in [0.2, 0.25) is 11.7 Å². The molecule has 2 N–H and O–H groups in total. The second kappa shape index (κ2) is 5.11. The second-order valence-corrected chi connectivity index (χ2v) is 4.49. The van der Waals surface area contributed by atoms with E-state index >= 15 is 0 Å². The van der Waals surface area contributed by atoms with E-state index in [1.807, 2.05) is 6.92 Å². The van der Waals surface area contributed by atoms with Gasteiger partial charge in [-0.1, -0.05) is 12.1 Å². The Hall–Kier alpha value is -1.34. The summed E-state index contributed by atoms with van der Waals surface area (Å²) in [6.45, 7) is 1.88. The Bertz CT molecular complexity index is 573. The Kier molecular flexibility index (Phi) is 3.72. The van der Waals surface area contributed by atoms with Crippen LogP contribution >= 0.6 is 15.9 Å². The van der Waals surface area contributed by atoms with Crippen LogP contribution in [0.1, 0.15) is 25.3 Å². The van der Waals surface area contributed by atoms with Crippen LogP contribution in [0.2, 0.25) is 0 Å². The monoisotopic (exact) mass is 317 g/mol. The first-order valence-corrected chi connectivity index (χ1v) is 6.07. The number of hydrogen-bond acceptors (Lipinski definition) is 4. The molecule has 0 amide bonds. The van der Waals surface area contributed by atoms with E-state index in [4.69, 9.17) is 10.3 Å². The van der Waals surface area contributed by atoms with Gasteiger partial charge in [0.15, 0.2) is 11.6 Å². The minimum absolute atomic E-state index is 0.0417. The number of aromatic nitrogens is 2. The maximum Gasteiger partial charge on any atom is 0.243 e. The highest BCUT2D eigenvalue weighted by atomic mass is 79.9. The molecule has 2 rings (SSSR count). The highest BCUT2D eigenvalue weighted by Crippen LogP contribution is 2.30. The van der Waals surface area contributed by atoms with E-state index in [1.54, 1.807) is 0 Å². The van der Waals surface area contributed by atoms with Gasteiger partial charge in [0.25, 0.3) is 0 Å². The summed E-state index contributed by atoms with van der Waals surface area (Å²) in [5.74, 6) is -1.50. The lowest BCUT2D eigenvalue weighted by molar-refractivity contribution is 0.352. The van der Waals surface area contributed by atoms with E-state index in [9.17, 15) is 8.78 Å². The Labute approximate surface area is 110 Å². The van der Waals surface area contributed by atoms with Gasteiger partial charge >= 0.3 is 0 Å². The molecule has 0 aliphatic rings. The molecule has 0 radical (unpaired) electrons. The fourth-order valence-corrected chi connectivity index (χ4v) is 1.87. The highest BCUT2D eigenvalue weighted by Gasteiger charge is 2.18. The Morgan fingerprint density at radius 3 is 2.83 bits per heavy atom. The summed E-state index contributed by atoms with van der Waals surface area (Å²) in [5.41, 5.74) is 6.05. The normalized spacial score (nSPS) is 12.7. The van der Waals surface area contributed by atoms with Crippen molar-refractivity contribution in [2.24, 2.45) is 5.73 Å². The van der Waals surface area contributed by atoms with E-state index in [0.29, 0.717) is 12.0 Å². The summed E-state index contributed by atoms with van der Waals surface area (Å²) in [5, 5.41) is 3.70. The lowest BCUT2D eigenvalue weighted by Crippen LogP contribution is -2.08. The quantitative estimate of drug-likeness (QED) is 0.883. The SMILES string of the molecule is CC[C@@H](N)c1nc(-c2ccc(F)c(F)c2Br)no1. The molecule has 1 heterocycles. The number of hydrogen-bond donors (Lipinski definition) is 1. The van der Waals surface area contributed by atoms with Crippen molar-refractivity contribution in [3.8, 4) is 11.4 Å². The number of halogens is 3. The number of rotatable bonds is 3. The van der Waals surface area contributed by atoms with Gasteiger partial charge in [-0.25, -0.2) is 8.78 Å². The van der Waals surface area contributed by atoms with Gasteiger partial charge in [0.1, 0.15) is 0 Å². The van der Waals surface area contributed by atoms with Crippen LogP contribution in [0.3, 0.4) is 0 Å². The minimum Gasteiger partial charge on any atom is -0.337 e. The van der Waals surface area contributed by atoms with E-state index < -0.39 is 11.6 Å². The molecular weight excluding hydrogens is 308 g/mol. The summed E-state index contributed by atoms with van der Waals surface area (Å²) in [7, 11) is 0. The fourth-order valence-electron chi connectivity index (χ4n) is 1.37. The molecule has 0 saturated heterocycles. The van der Waals surface area contributed by atoms with Crippen LogP contribution in [0.5, 0.6) is 0 Å². The third kappa shape index (κ3) is 2.28. The second-order valence-electron chi connectivity index (χ2n) is 3.69. The van der Waals surface area contributed by atoms with Crippen molar-refractivity contribution in [2.45, 2.75) is 19.4 Å². The molecule has 1 atom stereocenters. The topological polar surface area (TPSA) is 64.9 Å². The van der Waals surface area contributed by atoms with Crippen molar-refractivity contribution < 1.29 is 13.3 Å². The Morgan fingerprint density at radius 2 is 2.17 bits per heavy atom. The molecule has 0 spiro atoms. The fraction of sp³-hybridized carbons (Fsp3) is 0.273. The standard InChI is InChI=1S/C11H10BrF2N3O/c1-2-7(15)11-16-10(17-18-11)5-3-4-6(13)9(14)8(5)12/h3-4,7H,2,15H2,1H3/t7-/m1/s1. The summed E-state index contributed by atoms with van der Waals surface area (Å²) in [4.78, 5) is 4.06. The van der Waals surface area contributed by atoms with Crippen molar-refractivity contribution in [3.05, 3.63) is 34.1 Å². The number of benzene rings is 1. The summed E-state index contributed by atoms with van der Waals surface area (Å²) < 4.78 is 31.3. The molecule has 1 aromatic carbocycles. The van der Waals surface area contributed by atoms with Gasteiger partial charge in [0.05, 0.1) is 10.5 Å². The Balaban J connectivity index is 2.43. The van der Waals surface area contributed by atoms with Crippen LogP contribution in [0.25, 0.3) is 11.4 Å². The van der Waals surface area contributed by atoms with Gasteiger partial charge < -0.3 is 10.3 Å². The average Bonchev–Trinajstić information content (AvgIpc) is 2.84. The molecule has 18 heavy (non-hydrogen) atoms. The summed E-state index contributed by atoms with van der Waals surface area (Å²) in [6.07, 6.45) is 0.639. The molecule has 4 nitrogen and oxygen atoms in total. The third-order valence-electron chi connectivity index (χ3n) is 2.47. The van der Waals surface area contributed by atoms with Crippen molar-refractivity contribution in [1.29, 1.82) is 0 Å². The van der Waals surface area contributed by atoms with Crippen LogP contribution in [-0.2, 0) is 0 Å². The smallest absolute Gasteiger partial charge is 0.243 e. The molecule has 0 saturated carbocycles. The van der Waals surface area contributed by atoms with E-state index in [1.165, 1.54) is 6.07 Å². The number of nitrogens with zero attached hydrogens (tertiary/aromatic N) is 2. The first-order chi connectivity index (χ1) is 8.54. The zero-order valence-electron chi connectivity index (χ0n) is 9.45. The van der Waals surface area contributed by atoms with Gasteiger partial charge in [-0.05, 0) is 34.5 Å². The first kappa shape index (κ1) is 13.1. The largest absolute Gasteiger partial charge is 0.337 e. The molecule has 2 aromatic rings. The van der Waals surface area contributed by atoms with Crippen molar-refractivity contribution in [1.82, 2.24) is 10.1 Å². The zero-order chi connectivity index (χ0) is 13.3. The van der Waals surface area contributed by atoms with Crippen molar-refractivity contribution >= 4 is 15.9 Å². The molecule has 0 fully saturated rings. The predicted octanol–water partition coefficient (Wildman–Crippen LogP) is 3.19. The van der Waals surface area contributed by atoms with E-state index in [-0.39, 0.29) is 22.2 Å². The molecule has 0 aliphatic heterocycles. The van der Waals surface area contributed by atoms with Gasteiger partial charge in [-0.2, -0.15) is 4.98 Å². The van der Waals surface area contributed by atoms with Crippen LogP contribution < -0.4 is 5.73 Å². The summed E-state index contributed by atoms with van der Waals surface area (Å²) in [6, 6.07) is 2.01.